The zero-order valence-corrected chi connectivity index (χ0v) is 12.4. The van der Waals surface area contributed by atoms with Gasteiger partial charge in [0.05, 0.1) is 0 Å². The van der Waals surface area contributed by atoms with E-state index < -0.39 is 0 Å². The van der Waals surface area contributed by atoms with Gasteiger partial charge in [-0.25, -0.2) is 9.78 Å². The molecular weight excluding hydrogens is 290 g/mol. The molecule has 3 amide bonds. The number of urea groups is 1. The van der Waals surface area contributed by atoms with Crippen molar-refractivity contribution in [2.24, 2.45) is 11.8 Å². The number of hydrogen-bond donors (Lipinski definition) is 2. The van der Waals surface area contributed by atoms with Gasteiger partial charge in [0.1, 0.15) is 5.82 Å². The number of rotatable bonds is 2. The quantitative estimate of drug-likeness (QED) is 0.854. The highest BCUT2D eigenvalue weighted by atomic mass is 32.1. The van der Waals surface area contributed by atoms with E-state index in [-0.39, 0.29) is 23.8 Å². The molecule has 0 unspecified atom stereocenters. The third-order valence-corrected chi connectivity index (χ3v) is 5.14. The first-order valence-electron chi connectivity index (χ1n) is 7.38. The third-order valence-electron chi connectivity index (χ3n) is 4.49. The summed E-state index contributed by atoms with van der Waals surface area (Å²) in [7, 11) is 0. The Bertz CT molecular complexity index is 585. The number of carbonyl (C=O) groups excluding carboxylic acids is 2. The summed E-state index contributed by atoms with van der Waals surface area (Å²) in [5.74, 6) is 1.82. The summed E-state index contributed by atoms with van der Waals surface area (Å²) in [5.41, 5.74) is 0. The van der Waals surface area contributed by atoms with Gasteiger partial charge < -0.3 is 10.2 Å². The van der Waals surface area contributed by atoms with Gasteiger partial charge in [0.2, 0.25) is 11.0 Å². The van der Waals surface area contributed by atoms with Gasteiger partial charge in [-0.3, -0.25) is 10.1 Å². The predicted molar refractivity (Wildman–Crippen MR) is 77.1 cm³/mol. The van der Waals surface area contributed by atoms with Crippen LogP contribution in [0.4, 0.5) is 9.93 Å². The molecule has 4 rings (SSSR count). The standard InChI is InChI=1S/C13H17N5O2S/c19-11-9-3-4-18(6-8(9)5-14-11)13(20)16-12-15-10(17-21-12)7-1-2-7/h7-9H,1-6H2,(H,14,19)(H,15,16,17,20)/t8-,9+/m0/s1. The van der Waals surface area contributed by atoms with Crippen molar-refractivity contribution < 1.29 is 9.59 Å². The molecule has 1 aromatic heterocycles. The zero-order valence-electron chi connectivity index (χ0n) is 11.5. The highest BCUT2D eigenvalue weighted by molar-refractivity contribution is 7.09. The van der Waals surface area contributed by atoms with Crippen molar-refractivity contribution in [3.8, 4) is 0 Å². The molecule has 21 heavy (non-hydrogen) atoms. The number of anilines is 1. The van der Waals surface area contributed by atoms with Gasteiger partial charge in [-0.05, 0) is 19.3 Å². The highest BCUT2D eigenvalue weighted by Crippen LogP contribution is 2.39. The van der Waals surface area contributed by atoms with Crippen LogP contribution in [-0.2, 0) is 4.79 Å². The molecule has 112 valence electrons. The van der Waals surface area contributed by atoms with Gasteiger partial charge in [-0.15, -0.1) is 0 Å². The summed E-state index contributed by atoms with van der Waals surface area (Å²) in [4.78, 5) is 30.0. The Morgan fingerprint density at radius 1 is 1.38 bits per heavy atom. The van der Waals surface area contributed by atoms with Gasteiger partial charge >= 0.3 is 6.03 Å². The summed E-state index contributed by atoms with van der Waals surface area (Å²) < 4.78 is 4.28. The fourth-order valence-electron chi connectivity index (χ4n) is 3.09. The van der Waals surface area contributed by atoms with Crippen molar-refractivity contribution in [2.45, 2.75) is 25.2 Å². The maximum atomic E-state index is 12.3. The van der Waals surface area contributed by atoms with Gasteiger partial charge in [-0.1, -0.05) is 0 Å². The average Bonchev–Trinajstić information content (AvgIpc) is 3.14. The van der Waals surface area contributed by atoms with Crippen molar-refractivity contribution in [2.75, 3.05) is 25.0 Å². The summed E-state index contributed by atoms with van der Waals surface area (Å²) in [6.07, 6.45) is 3.05. The minimum Gasteiger partial charge on any atom is -0.355 e. The van der Waals surface area contributed by atoms with E-state index in [1.807, 2.05) is 0 Å². The first-order valence-corrected chi connectivity index (χ1v) is 8.15. The monoisotopic (exact) mass is 307 g/mol. The second-order valence-corrected chi connectivity index (χ2v) is 6.76. The molecule has 2 N–H and O–H groups in total. The minimum atomic E-state index is -0.133. The van der Waals surface area contributed by atoms with E-state index in [1.165, 1.54) is 11.5 Å². The lowest BCUT2D eigenvalue weighted by molar-refractivity contribution is -0.123. The number of aromatic nitrogens is 2. The molecule has 3 fully saturated rings. The molecule has 1 aliphatic carbocycles. The molecule has 3 aliphatic rings. The number of likely N-dealkylation sites (tertiary alicyclic amines) is 1. The van der Waals surface area contributed by atoms with E-state index in [4.69, 9.17) is 0 Å². The smallest absolute Gasteiger partial charge is 0.323 e. The summed E-state index contributed by atoms with van der Waals surface area (Å²) in [5, 5.41) is 6.28. The third kappa shape index (κ3) is 2.48. The Balaban J connectivity index is 1.37. The van der Waals surface area contributed by atoms with Gasteiger partial charge in [0.25, 0.3) is 0 Å². The van der Waals surface area contributed by atoms with Crippen LogP contribution in [0.15, 0.2) is 0 Å². The molecule has 1 saturated carbocycles. The summed E-state index contributed by atoms with van der Waals surface area (Å²) in [6.45, 7) is 1.93. The largest absolute Gasteiger partial charge is 0.355 e. The Kier molecular flexibility index (Phi) is 3.06. The van der Waals surface area contributed by atoms with Crippen LogP contribution in [0.3, 0.4) is 0 Å². The van der Waals surface area contributed by atoms with Crippen LogP contribution in [0.2, 0.25) is 0 Å². The molecule has 2 saturated heterocycles. The van der Waals surface area contributed by atoms with E-state index in [0.29, 0.717) is 30.7 Å². The molecule has 1 aromatic rings. The number of hydrogen-bond acceptors (Lipinski definition) is 5. The Morgan fingerprint density at radius 3 is 3.05 bits per heavy atom. The highest BCUT2D eigenvalue weighted by Gasteiger charge is 2.40. The van der Waals surface area contributed by atoms with Crippen LogP contribution < -0.4 is 10.6 Å². The second-order valence-electron chi connectivity index (χ2n) is 6.01. The molecule has 8 heteroatoms. The van der Waals surface area contributed by atoms with Crippen molar-refractivity contribution in [3.63, 3.8) is 0 Å². The maximum Gasteiger partial charge on any atom is 0.323 e. The van der Waals surface area contributed by atoms with E-state index in [2.05, 4.69) is 20.0 Å². The normalized spacial score (nSPS) is 28.2. The molecule has 2 aliphatic heterocycles. The van der Waals surface area contributed by atoms with E-state index in [1.54, 1.807) is 4.90 Å². The summed E-state index contributed by atoms with van der Waals surface area (Å²) in [6, 6.07) is -0.133. The Morgan fingerprint density at radius 2 is 2.24 bits per heavy atom. The SMILES string of the molecule is O=C1NC[C@H]2CN(C(=O)Nc3nc(C4CC4)ns3)CC[C@@H]12. The first-order chi connectivity index (χ1) is 10.2. The minimum absolute atomic E-state index is 0.0806. The fraction of sp³-hybridized carbons (Fsp3) is 0.692. The summed E-state index contributed by atoms with van der Waals surface area (Å²) >= 11 is 1.24. The van der Waals surface area contributed by atoms with Crippen LogP contribution in [0.25, 0.3) is 0 Å². The number of nitrogens with zero attached hydrogens (tertiary/aromatic N) is 3. The number of amides is 3. The zero-order chi connectivity index (χ0) is 14.4. The van der Waals surface area contributed by atoms with Gasteiger partial charge in [0, 0.05) is 48.9 Å². The maximum absolute atomic E-state index is 12.3. The van der Waals surface area contributed by atoms with Crippen LogP contribution in [-0.4, -0.2) is 45.8 Å². The molecule has 2 atom stereocenters. The lowest BCUT2D eigenvalue weighted by Crippen LogP contribution is -2.45. The molecule has 0 bridgehead atoms. The molecular formula is C13H17N5O2S. The van der Waals surface area contributed by atoms with Crippen molar-refractivity contribution in [1.82, 2.24) is 19.6 Å². The van der Waals surface area contributed by atoms with Crippen molar-refractivity contribution in [3.05, 3.63) is 5.82 Å². The van der Waals surface area contributed by atoms with Crippen molar-refractivity contribution in [1.29, 1.82) is 0 Å². The van der Waals surface area contributed by atoms with Crippen LogP contribution in [0.1, 0.15) is 31.0 Å². The van der Waals surface area contributed by atoms with E-state index >= 15 is 0 Å². The lowest BCUT2D eigenvalue weighted by atomic mass is 9.88. The average molecular weight is 307 g/mol. The van der Waals surface area contributed by atoms with Gasteiger partial charge in [0.15, 0.2) is 0 Å². The number of piperidine rings is 1. The fourth-order valence-corrected chi connectivity index (χ4v) is 3.73. The molecule has 0 aromatic carbocycles. The number of fused-ring (bicyclic) bond motifs is 1. The van der Waals surface area contributed by atoms with Gasteiger partial charge in [-0.2, -0.15) is 4.37 Å². The second kappa shape index (κ2) is 4.94. The number of carbonyl (C=O) groups is 2. The molecule has 7 nitrogen and oxygen atoms in total. The number of nitrogens with one attached hydrogen (secondary N) is 2. The molecule has 0 radical (unpaired) electrons. The lowest BCUT2D eigenvalue weighted by Gasteiger charge is -2.33. The Hall–Kier alpha value is -1.70. The van der Waals surface area contributed by atoms with E-state index in [0.717, 1.165) is 25.1 Å². The van der Waals surface area contributed by atoms with Crippen molar-refractivity contribution >= 4 is 28.6 Å². The van der Waals surface area contributed by atoms with E-state index in [9.17, 15) is 9.59 Å². The van der Waals surface area contributed by atoms with Crippen LogP contribution in [0, 0.1) is 11.8 Å². The van der Waals surface area contributed by atoms with Crippen LogP contribution in [0.5, 0.6) is 0 Å². The first kappa shape index (κ1) is 13.0. The van der Waals surface area contributed by atoms with Crippen LogP contribution >= 0.6 is 11.5 Å². The topological polar surface area (TPSA) is 87.2 Å². The molecule has 0 spiro atoms. The molecule has 3 heterocycles. The Labute approximate surface area is 126 Å². The predicted octanol–water partition coefficient (Wildman–Crippen LogP) is 1.02.